The van der Waals surface area contributed by atoms with Gasteiger partial charge in [-0.15, -0.1) is 11.3 Å². The normalized spacial score (nSPS) is 11.2. The number of nitrogens with zero attached hydrogens (tertiary/aromatic N) is 2. The van der Waals surface area contributed by atoms with Crippen LogP contribution in [0.2, 0.25) is 0 Å². The number of rotatable bonds is 12. The molecule has 2 aromatic heterocycles. The standard InChI is InChI=1S/C38H34N2O5S/c1-44-30-19-17-28(18-20-30)36-31(24-39(21-26-11-5-3-6-12-26)22-27-13-7-4-8-14-27)34-35(41)32(38(42)43)25-40(37(34)46-36)23-29-15-9-10-16-33(29)45-2/h3-20,25H,21-24H2,1-2H3,(H,42,43). The molecular weight excluding hydrogens is 596 g/mol. The number of methoxy groups -OCH3 is 2. The van der Waals surface area contributed by atoms with Crippen LogP contribution >= 0.6 is 11.3 Å². The Bertz CT molecular complexity index is 1980. The molecule has 4 aromatic carbocycles. The van der Waals surface area contributed by atoms with Crippen molar-refractivity contribution in [1.29, 1.82) is 0 Å². The maximum Gasteiger partial charge on any atom is 0.341 e. The summed E-state index contributed by atoms with van der Waals surface area (Å²) in [6.45, 7) is 2.05. The molecular formula is C38H34N2O5S. The topological polar surface area (TPSA) is 81.0 Å². The third-order valence-electron chi connectivity index (χ3n) is 8.00. The number of carboxylic acids is 1. The summed E-state index contributed by atoms with van der Waals surface area (Å²) in [6, 6.07) is 35.9. The van der Waals surface area contributed by atoms with E-state index in [1.165, 1.54) is 17.5 Å². The van der Waals surface area contributed by atoms with Crippen LogP contribution in [-0.4, -0.2) is 34.8 Å². The summed E-state index contributed by atoms with van der Waals surface area (Å²) in [7, 11) is 3.24. The van der Waals surface area contributed by atoms with Gasteiger partial charge in [0.05, 0.1) is 26.2 Å². The average molecular weight is 631 g/mol. The molecule has 0 fully saturated rings. The van der Waals surface area contributed by atoms with Crippen LogP contribution in [0, 0.1) is 0 Å². The lowest BCUT2D eigenvalue weighted by molar-refractivity contribution is 0.0695. The number of benzene rings is 4. The van der Waals surface area contributed by atoms with Gasteiger partial charge in [-0.2, -0.15) is 0 Å². The summed E-state index contributed by atoms with van der Waals surface area (Å²) in [6.07, 6.45) is 1.46. The van der Waals surface area contributed by atoms with Crippen LogP contribution in [0.1, 0.15) is 32.6 Å². The summed E-state index contributed by atoms with van der Waals surface area (Å²) in [4.78, 5) is 30.5. The lowest BCUT2D eigenvalue weighted by atomic mass is 10.0. The second-order valence-electron chi connectivity index (χ2n) is 11.1. The zero-order chi connectivity index (χ0) is 32.0. The van der Waals surface area contributed by atoms with Gasteiger partial charge in [-0.05, 0) is 52.6 Å². The Morgan fingerprint density at radius 1 is 0.783 bits per heavy atom. The van der Waals surface area contributed by atoms with Crippen molar-refractivity contribution in [1.82, 2.24) is 9.47 Å². The molecule has 0 radical (unpaired) electrons. The molecule has 0 aliphatic heterocycles. The predicted molar refractivity (Wildman–Crippen MR) is 183 cm³/mol. The molecule has 0 unspecified atom stereocenters. The molecule has 0 spiro atoms. The molecule has 6 rings (SSSR count). The molecule has 7 nitrogen and oxygen atoms in total. The third kappa shape index (κ3) is 6.59. The van der Waals surface area contributed by atoms with E-state index in [0.29, 0.717) is 42.1 Å². The average Bonchev–Trinajstić information content (AvgIpc) is 3.46. The van der Waals surface area contributed by atoms with Crippen molar-refractivity contribution in [2.24, 2.45) is 0 Å². The molecule has 1 N–H and O–H groups in total. The van der Waals surface area contributed by atoms with Gasteiger partial charge in [-0.25, -0.2) is 4.79 Å². The summed E-state index contributed by atoms with van der Waals surface area (Å²) in [5.41, 5.74) is 4.15. The Hall–Kier alpha value is -5.18. The van der Waals surface area contributed by atoms with Gasteiger partial charge in [-0.3, -0.25) is 9.69 Å². The Morgan fingerprint density at radius 3 is 1.98 bits per heavy atom. The quantitative estimate of drug-likeness (QED) is 0.149. The van der Waals surface area contributed by atoms with E-state index in [2.05, 4.69) is 29.2 Å². The largest absolute Gasteiger partial charge is 0.497 e. The fourth-order valence-corrected chi connectivity index (χ4v) is 7.07. The van der Waals surface area contributed by atoms with E-state index in [-0.39, 0.29) is 5.56 Å². The minimum Gasteiger partial charge on any atom is -0.497 e. The monoisotopic (exact) mass is 630 g/mol. The number of para-hydroxylation sites is 1. The Balaban J connectivity index is 1.57. The minimum atomic E-state index is -1.26. The highest BCUT2D eigenvalue weighted by molar-refractivity contribution is 7.22. The number of aromatic nitrogens is 1. The lowest BCUT2D eigenvalue weighted by Gasteiger charge is -2.23. The summed E-state index contributed by atoms with van der Waals surface area (Å²) in [5, 5.41) is 10.6. The first-order valence-electron chi connectivity index (χ1n) is 14.9. The fourth-order valence-electron chi connectivity index (χ4n) is 5.78. The molecule has 0 saturated heterocycles. The van der Waals surface area contributed by atoms with Gasteiger partial charge in [0.25, 0.3) is 0 Å². The van der Waals surface area contributed by atoms with E-state index in [9.17, 15) is 14.7 Å². The minimum absolute atomic E-state index is 0.264. The SMILES string of the molecule is COc1ccc(-c2sc3c(c2CN(Cc2ccccc2)Cc2ccccc2)c(=O)c(C(=O)O)cn3Cc2ccccc2OC)cc1. The lowest BCUT2D eigenvalue weighted by Crippen LogP contribution is -2.24. The van der Waals surface area contributed by atoms with E-state index in [4.69, 9.17) is 9.47 Å². The van der Waals surface area contributed by atoms with Crippen LogP contribution < -0.4 is 14.9 Å². The second-order valence-corrected chi connectivity index (χ2v) is 12.1. The summed E-state index contributed by atoms with van der Waals surface area (Å²) < 4.78 is 12.9. The van der Waals surface area contributed by atoms with Crippen molar-refractivity contribution in [2.75, 3.05) is 14.2 Å². The number of carboxylic acid groups (broad SMARTS) is 1. The first-order valence-corrected chi connectivity index (χ1v) is 15.8. The van der Waals surface area contributed by atoms with Gasteiger partial charge < -0.3 is 19.1 Å². The molecule has 0 saturated carbocycles. The van der Waals surface area contributed by atoms with Gasteiger partial charge in [0.2, 0.25) is 5.43 Å². The zero-order valence-electron chi connectivity index (χ0n) is 25.7. The first-order chi connectivity index (χ1) is 22.4. The molecule has 46 heavy (non-hydrogen) atoms. The van der Waals surface area contributed by atoms with Gasteiger partial charge in [0.1, 0.15) is 21.9 Å². The molecule has 232 valence electrons. The third-order valence-corrected chi connectivity index (χ3v) is 9.32. The van der Waals surface area contributed by atoms with E-state index < -0.39 is 11.4 Å². The van der Waals surface area contributed by atoms with E-state index in [1.54, 1.807) is 14.2 Å². The van der Waals surface area contributed by atoms with Crippen LogP contribution in [-0.2, 0) is 26.2 Å². The summed E-state index contributed by atoms with van der Waals surface area (Å²) in [5.74, 6) is 0.162. The number of ether oxygens (including phenoxy) is 2. The van der Waals surface area contributed by atoms with Crippen LogP contribution in [0.5, 0.6) is 11.5 Å². The number of fused-ring (bicyclic) bond motifs is 1. The number of carbonyl (C=O) groups is 1. The van der Waals surface area contributed by atoms with Crippen molar-refractivity contribution in [3.05, 3.63) is 153 Å². The second kappa shape index (κ2) is 13.9. The van der Waals surface area contributed by atoms with Crippen molar-refractivity contribution in [2.45, 2.75) is 26.2 Å². The Kier molecular flexibility index (Phi) is 9.28. The van der Waals surface area contributed by atoms with Crippen molar-refractivity contribution in [3.63, 3.8) is 0 Å². The van der Waals surface area contributed by atoms with E-state index in [0.717, 1.165) is 38.4 Å². The van der Waals surface area contributed by atoms with Crippen LogP contribution in [0.15, 0.2) is 120 Å². The number of thiophene rings is 1. The molecule has 8 heteroatoms. The fraction of sp³-hybridized carbons (Fsp3) is 0.158. The summed E-state index contributed by atoms with van der Waals surface area (Å²) >= 11 is 1.50. The van der Waals surface area contributed by atoms with E-state index >= 15 is 0 Å². The zero-order valence-corrected chi connectivity index (χ0v) is 26.5. The maximum atomic E-state index is 14.1. The van der Waals surface area contributed by atoms with Crippen molar-refractivity contribution in [3.8, 4) is 21.9 Å². The molecule has 2 heterocycles. The number of aromatic carboxylic acids is 1. The predicted octanol–water partition coefficient (Wildman–Crippen LogP) is 7.70. The highest BCUT2D eigenvalue weighted by Gasteiger charge is 2.25. The molecule has 0 atom stereocenters. The Morgan fingerprint density at radius 2 is 1.39 bits per heavy atom. The van der Waals surface area contributed by atoms with Crippen LogP contribution in [0.25, 0.3) is 20.7 Å². The van der Waals surface area contributed by atoms with Gasteiger partial charge >= 0.3 is 5.97 Å². The highest BCUT2D eigenvalue weighted by atomic mass is 32.1. The highest BCUT2D eigenvalue weighted by Crippen LogP contribution is 2.40. The molecule has 0 bridgehead atoms. The molecule has 0 amide bonds. The molecule has 0 aliphatic rings. The Labute approximate surface area is 271 Å². The van der Waals surface area contributed by atoms with Gasteiger partial charge in [-0.1, -0.05) is 78.9 Å². The number of pyridine rings is 1. The van der Waals surface area contributed by atoms with Crippen LogP contribution in [0.3, 0.4) is 0 Å². The van der Waals surface area contributed by atoms with Crippen molar-refractivity contribution >= 4 is 27.5 Å². The first kappa shape index (κ1) is 30.8. The van der Waals surface area contributed by atoms with Crippen molar-refractivity contribution < 1.29 is 19.4 Å². The smallest absolute Gasteiger partial charge is 0.341 e. The number of hydrogen-bond acceptors (Lipinski definition) is 6. The molecule has 0 aliphatic carbocycles. The van der Waals surface area contributed by atoms with Gasteiger partial charge in [0, 0.05) is 36.3 Å². The van der Waals surface area contributed by atoms with Gasteiger partial charge in [0.15, 0.2) is 0 Å². The molecule has 6 aromatic rings. The van der Waals surface area contributed by atoms with E-state index in [1.807, 2.05) is 89.5 Å². The number of hydrogen-bond donors (Lipinski definition) is 1. The maximum absolute atomic E-state index is 14.1. The van der Waals surface area contributed by atoms with Crippen LogP contribution in [0.4, 0.5) is 0 Å².